The SMILES string of the molecule is CC(C)C[C@H](NC(=O)CNC(=O)[C@@H](N)CCCCN)C(=O)N[C@@H](CCCCN)C(=O)N[C@@H](C)C(N)=O. The number of unbranched alkanes of at least 4 members (excludes halogenated alkanes) is 2. The molecule has 0 aliphatic rings. The summed E-state index contributed by atoms with van der Waals surface area (Å²) in [5.41, 5.74) is 22.0. The molecule has 0 saturated heterocycles. The van der Waals surface area contributed by atoms with Crippen molar-refractivity contribution in [3.63, 3.8) is 0 Å². The van der Waals surface area contributed by atoms with E-state index in [1.807, 2.05) is 13.8 Å². The summed E-state index contributed by atoms with van der Waals surface area (Å²) < 4.78 is 0. The number of carbonyl (C=O) groups is 5. The van der Waals surface area contributed by atoms with Crippen molar-refractivity contribution < 1.29 is 24.0 Å². The Kier molecular flexibility index (Phi) is 17.1. The number of carbonyl (C=O) groups excluding carboxylic acids is 5. The van der Waals surface area contributed by atoms with Crippen molar-refractivity contribution in [2.45, 2.75) is 89.9 Å². The number of nitrogens with two attached hydrogens (primary N) is 4. The zero-order valence-corrected chi connectivity index (χ0v) is 21.8. The third-order valence-corrected chi connectivity index (χ3v) is 5.45. The molecular formula is C23H46N8O5. The molecule has 208 valence electrons. The van der Waals surface area contributed by atoms with Crippen LogP contribution in [0.25, 0.3) is 0 Å². The largest absolute Gasteiger partial charge is 0.368 e. The quantitative estimate of drug-likeness (QED) is 0.0869. The van der Waals surface area contributed by atoms with Gasteiger partial charge in [0.2, 0.25) is 29.5 Å². The molecular weight excluding hydrogens is 468 g/mol. The molecule has 0 aromatic rings. The zero-order valence-electron chi connectivity index (χ0n) is 21.8. The molecule has 36 heavy (non-hydrogen) atoms. The molecule has 0 aliphatic carbocycles. The van der Waals surface area contributed by atoms with Gasteiger partial charge in [-0.1, -0.05) is 20.3 Å². The molecule has 5 amide bonds. The Morgan fingerprint density at radius 2 is 1.28 bits per heavy atom. The van der Waals surface area contributed by atoms with Crippen molar-refractivity contribution in [1.82, 2.24) is 21.3 Å². The summed E-state index contributed by atoms with van der Waals surface area (Å²) in [6, 6.07) is -3.55. The Balaban J connectivity index is 5.15. The van der Waals surface area contributed by atoms with Crippen LogP contribution in [0, 0.1) is 5.92 Å². The van der Waals surface area contributed by atoms with Crippen molar-refractivity contribution in [2.75, 3.05) is 19.6 Å². The van der Waals surface area contributed by atoms with E-state index in [1.54, 1.807) is 0 Å². The molecule has 0 aliphatic heterocycles. The summed E-state index contributed by atoms with van der Waals surface area (Å²) >= 11 is 0. The second-order valence-corrected chi connectivity index (χ2v) is 9.34. The van der Waals surface area contributed by atoms with Crippen LogP contribution in [0.1, 0.15) is 65.7 Å². The first-order valence-corrected chi connectivity index (χ1v) is 12.6. The minimum atomic E-state index is -0.941. The predicted molar refractivity (Wildman–Crippen MR) is 137 cm³/mol. The molecule has 0 heterocycles. The minimum Gasteiger partial charge on any atom is -0.368 e. The molecule has 0 unspecified atom stereocenters. The van der Waals surface area contributed by atoms with Gasteiger partial charge >= 0.3 is 0 Å². The number of nitrogens with one attached hydrogen (secondary N) is 4. The summed E-state index contributed by atoms with van der Waals surface area (Å²) in [5, 5.41) is 10.2. The van der Waals surface area contributed by atoms with E-state index in [2.05, 4.69) is 21.3 Å². The number of hydrogen-bond acceptors (Lipinski definition) is 8. The van der Waals surface area contributed by atoms with Crippen molar-refractivity contribution in [3.05, 3.63) is 0 Å². The van der Waals surface area contributed by atoms with Gasteiger partial charge in [0.1, 0.15) is 18.1 Å². The van der Waals surface area contributed by atoms with E-state index in [4.69, 9.17) is 22.9 Å². The first-order chi connectivity index (χ1) is 16.9. The van der Waals surface area contributed by atoms with Gasteiger partial charge in [-0.05, 0) is 64.5 Å². The maximum atomic E-state index is 13.0. The number of amides is 5. The van der Waals surface area contributed by atoms with Gasteiger partial charge in [0.05, 0.1) is 12.6 Å². The van der Waals surface area contributed by atoms with Crippen LogP contribution in [-0.4, -0.2) is 73.3 Å². The standard InChI is InChI=1S/C23H46N8O5/c1-14(2)12-18(30-19(32)13-28-21(34)16(26)8-4-6-10-24)23(36)31-17(9-5-7-11-25)22(35)29-15(3)20(27)33/h14-18H,4-13,24-26H2,1-3H3,(H2,27,33)(H,28,34)(H,29,35)(H,30,32)(H,31,36)/t15-,16-,17-,18-/m0/s1. The first-order valence-electron chi connectivity index (χ1n) is 12.6. The van der Waals surface area contributed by atoms with Crippen molar-refractivity contribution in [3.8, 4) is 0 Å². The van der Waals surface area contributed by atoms with Gasteiger partial charge in [-0.25, -0.2) is 0 Å². The second-order valence-electron chi connectivity index (χ2n) is 9.34. The highest BCUT2D eigenvalue weighted by molar-refractivity contribution is 5.94. The lowest BCUT2D eigenvalue weighted by Crippen LogP contribution is -2.57. The van der Waals surface area contributed by atoms with E-state index in [9.17, 15) is 24.0 Å². The Bertz CT molecular complexity index is 719. The number of primary amides is 1. The Morgan fingerprint density at radius 1 is 0.722 bits per heavy atom. The maximum absolute atomic E-state index is 13.0. The second kappa shape index (κ2) is 18.5. The van der Waals surface area contributed by atoms with Gasteiger partial charge in [-0.15, -0.1) is 0 Å². The van der Waals surface area contributed by atoms with Gasteiger partial charge in [-0.2, -0.15) is 0 Å². The molecule has 12 N–H and O–H groups in total. The molecule has 0 bridgehead atoms. The molecule has 0 rings (SSSR count). The molecule has 0 aromatic carbocycles. The van der Waals surface area contributed by atoms with Crippen molar-refractivity contribution >= 4 is 29.5 Å². The van der Waals surface area contributed by atoms with Gasteiger partial charge in [0.15, 0.2) is 0 Å². The van der Waals surface area contributed by atoms with E-state index >= 15 is 0 Å². The molecule has 4 atom stereocenters. The lowest BCUT2D eigenvalue weighted by molar-refractivity contribution is -0.133. The monoisotopic (exact) mass is 514 g/mol. The fourth-order valence-corrected chi connectivity index (χ4v) is 3.31. The smallest absolute Gasteiger partial charge is 0.243 e. The Labute approximate surface area is 213 Å². The van der Waals surface area contributed by atoms with Crippen LogP contribution in [0.5, 0.6) is 0 Å². The highest BCUT2D eigenvalue weighted by Crippen LogP contribution is 2.08. The molecule has 13 nitrogen and oxygen atoms in total. The molecule has 0 aromatic heterocycles. The zero-order chi connectivity index (χ0) is 27.7. The van der Waals surface area contributed by atoms with Crippen LogP contribution in [0.4, 0.5) is 0 Å². The lowest BCUT2D eigenvalue weighted by Gasteiger charge is -2.25. The first kappa shape index (κ1) is 33.2. The molecule has 0 fully saturated rings. The highest BCUT2D eigenvalue weighted by atomic mass is 16.2. The molecule has 0 radical (unpaired) electrons. The van der Waals surface area contributed by atoms with E-state index in [-0.39, 0.29) is 12.5 Å². The summed E-state index contributed by atoms with van der Waals surface area (Å²) in [6.07, 6.45) is 3.71. The number of hydrogen-bond donors (Lipinski definition) is 8. The van der Waals surface area contributed by atoms with Crippen LogP contribution in [0.3, 0.4) is 0 Å². The van der Waals surface area contributed by atoms with E-state index in [0.29, 0.717) is 51.6 Å². The number of rotatable bonds is 19. The van der Waals surface area contributed by atoms with Crippen LogP contribution >= 0.6 is 0 Å². The average molecular weight is 515 g/mol. The van der Waals surface area contributed by atoms with Crippen molar-refractivity contribution in [1.29, 1.82) is 0 Å². The van der Waals surface area contributed by atoms with Crippen LogP contribution < -0.4 is 44.2 Å². The Morgan fingerprint density at radius 3 is 1.81 bits per heavy atom. The lowest BCUT2D eigenvalue weighted by atomic mass is 10.0. The summed E-state index contributed by atoms with van der Waals surface area (Å²) in [5.74, 6) is -2.80. The summed E-state index contributed by atoms with van der Waals surface area (Å²) in [7, 11) is 0. The fourth-order valence-electron chi connectivity index (χ4n) is 3.31. The maximum Gasteiger partial charge on any atom is 0.243 e. The fraction of sp³-hybridized carbons (Fsp3) is 0.783. The van der Waals surface area contributed by atoms with Gasteiger partial charge in [0, 0.05) is 0 Å². The van der Waals surface area contributed by atoms with Gasteiger partial charge < -0.3 is 44.2 Å². The summed E-state index contributed by atoms with van der Waals surface area (Å²) in [6.45, 7) is 5.80. The van der Waals surface area contributed by atoms with E-state index in [1.165, 1.54) is 6.92 Å². The molecule has 0 saturated carbocycles. The normalized spacial score (nSPS) is 14.3. The molecule has 13 heteroatoms. The third kappa shape index (κ3) is 14.6. The van der Waals surface area contributed by atoms with Gasteiger partial charge in [0.25, 0.3) is 0 Å². The van der Waals surface area contributed by atoms with Crippen LogP contribution in [-0.2, 0) is 24.0 Å². The van der Waals surface area contributed by atoms with Crippen LogP contribution in [0.15, 0.2) is 0 Å². The van der Waals surface area contributed by atoms with Gasteiger partial charge in [-0.3, -0.25) is 24.0 Å². The predicted octanol–water partition coefficient (Wildman–Crippen LogP) is -2.31. The topological polar surface area (TPSA) is 238 Å². The average Bonchev–Trinajstić information content (AvgIpc) is 2.80. The van der Waals surface area contributed by atoms with E-state index < -0.39 is 53.7 Å². The minimum absolute atomic E-state index is 0.0472. The third-order valence-electron chi connectivity index (χ3n) is 5.45. The Hall–Kier alpha value is -2.77. The van der Waals surface area contributed by atoms with Crippen molar-refractivity contribution in [2.24, 2.45) is 28.9 Å². The molecule has 0 spiro atoms. The van der Waals surface area contributed by atoms with E-state index in [0.717, 1.165) is 6.42 Å². The van der Waals surface area contributed by atoms with Crippen LogP contribution in [0.2, 0.25) is 0 Å². The summed E-state index contributed by atoms with van der Waals surface area (Å²) in [4.78, 5) is 61.6. The highest BCUT2D eigenvalue weighted by Gasteiger charge is 2.28.